The summed E-state index contributed by atoms with van der Waals surface area (Å²) in [6, 6.07) is 18.2. The number of aryl methyl sites for hydroxylation is 1. The van der Waals surface area contributed by atoms with Gasteiger partial charge in [-0.3, -0.25) is 14.5 Å². The van der Waals surface area contributed by atoms with Gasteiger partial charge in [-0.25, -0.2) is 8.78 Å². The number of hydrogen-bond acceptors (Lipinski definition) is 2. The maximum Gasteiger partial charge on any atom is 0.255 e. The second-order valence-electron chi connectivity index (χ2n) is 7.07. The number of anilines is 2. The van der Waals surface area contributed by atoms with Crippen molar-refractivity contribution >= 4 is 23.2 Å². The topological polar surface area (TPSA) is 49.4 Å². The van der Waals surface area contributed by atoms with E-state index in [0.29, 0.717) is 16.9 Å². The zero-order valence-electron chi connectivity index (χ0n) is 15.7. The molecule has 1 saturated heterocycles. The van der Waals surface area contributed by atoms with Gasteiger partial charge in [-0.05, 0) is 61.0 Å². The minimum Gasteiger partial charge on any atom is -0.324 e. The first-order valence-electron chi connectivity index (χ1n) is 9.13. The van der Waals surface area contributed by atoms with Crippen LogP contribution in [0, 0.1) is 18.6 Å². The third kappa shape index (κ3) is 3.27. The highest BCUT2D eigenvalue weighted by Crippen LogP contribution is 2.45. The molecule has 0 aliphatic carbocycles. The summed E-state index contributed by atoms with van der Waals surface area (Å²) in [4.78, 5) is 27.4. The van der Waals surface area contributed by atoms with Gasteiger partial charge in [0.15, 0.2) is 5.54 Å². The standard InChI is InChI=1S/C23H18F2N2O2/c1-15-2-4-16(5-3-15)23(22(29)26-19-10-6-17(24)7-11-19)14-21(28)27(23)20-12-8-18(25)9-13-20/h2-13H,14H2,1H3,(H,26,29). The molecule has 1 heterocycles. The fourth-order valence-corrected chi connectivity index (χ4v) is 3.59. The van der Waals surface area contributed by atoms with Crippen LogP contribution in [0.1, 0.15) is 17.5 Å². The molecule has 3 aromatic carbocycles. The molecule has 1 aliphatic heterocycles. The lowest BCUT2D eigenvalue weighted by Gasteiger charge is -2.50. The van der Waals surface area contributed by atoms with Crippen molar-refractivity contribution in [3.8, 4) is 0 Å². The summed E-state index contributed by atoms with van der Waals surface area (Å²) in [6.45, 7) is 1.93. The van der Waals surface area contributed by atoms with Gasteiger partial charge in [0.1, 0.15) is 11.6 Å². The Balaban J connectivity index is 1.78. The van der Waals surface area contributed by atoms with E-state index in [1.807, 2.05) is 31.2 Å². The lowest BCUT2D eigenvalue weighted by Crippen LogP contribution is -2.67. The second kappa shape index (κ2) is 7.13. The van der Waals surface area contributed by atoms with Crippen LogP contribution < -0.4 is 10.2 Å². The van der Waals surface area contributed by atoms with Crippen molar-refractivity contribution in [2.75, 3.05) is 10.2 Å². The van der Waals surface area contributed by atoms with Gasteiger partial charge in [-0.15, -0.1) is 0 Å². The number of amides is 2. The summed E-state index contributed by atoms with van der Waals surface area (Å²) >= 11 is 0. The summed E-state index contributed by atoms with van der Waals surface area (Å²) in [5.74, 6) is -1.51. The zero-order valence-corrected chi connectivity index (χ0v) is 15.7. The first kappa shape index (κ1) is 18.8. The number of benzene rings is 3. The average Bonchev–Trinajstić information content (AvgIpc) is 2.70. The first-order valence-corrected chi connectivity index (χ1v) is 9.13. The molecule has 0 saturated carbocycles. The Bertz CT molecular complexity index is 1060. The monoisotopic (exact) mass is 392 g/mol. The van der Waals surface area contributed by atoms with Crippen molar-refractivity contribution in [3.63, 3.8) is 0 Å². The molecular weight excluding hydrogens is 374 g/mol. The number of hydrogen-bond donors (Lipinski definition) is 1. The smallest absolute Gasteiger partial charge is 0.255 e. The summed E-state index contributed by atoms with van der Waals surface area (Å²) in [7, 11) is 0. The van der Waals surface area contributed by atoms with E-state index in [1.54, 1.807) is 0 Å². The number of nitrogens with one attached hydrogen (secondary N) is 1. The largest absolute Gasteiger partial charge is 0.324 e. The Kier molecular flexibility index (Phi) is 4.62. The molecule has 1 unspecified atom stereocenters. The Morgan fingerprint density at radius 3 is 2.00 bits per heavy atom. The van der Waals surface area contributed by atoms with Gasteiger partial charge in [0, 0.05) is 11.4 Å². The van der Waals surface area contributed by atoms with Crippen molar-refractivity contribution in [1.29, 1.82) is 0 Å². The van der Waals surface area contributed by atoms with Crippen molar-refractivity contribution < 1.29 is 18.4 Å². The Hall–Kier alpha value is -3.54. The van der Waals surface area contributed by atoms with Gasteiger partial charge in [0.2, 0.25) is 5.91 Å². The van der Waals surface area contributed by atoms with Crippen LogP contribution >= 0.6 is 0 Å². The SMILES string of the molecule is Cc1ccc(C2(C(=O)Nc3ccc(F)cc3)CC(=O)N2c2ccc(F)cc2)cc1. The number of nitrogens with zero attached hydrogens (tertiary/aromatic N) is 1. The molecule has 1 fully saturated rings. The van der Waals surface area contributed by atoms with Crippen LogP contribution in [0.4, 0.5) is 20.2 Å². The van der Waals surface area contributed by atoms with Gasteiger partial charge in [0.05, 0.1) is 6.42 Å². The predicted molar refractivity (Wildman–Crippen MR) is 106 cm³/mol. The molecule has 6 heteroatoms. The van der Waals surface area contributed by atoms with Crippen molar-refractivity contribution in [1.82, 2.24) is 0 Å². The molecule has 2 amide bonds. The summed E-state index contributed by atoms with van der Waals surface area (Å²) in [5, 5.41) is 2.78. The third-order valence-electron chi connectivity index (χ3n) is 5.13. The maximum atomic E-state index is 13.4. The molecule has 3 aromatic rings. The minimum absolute atomic E-state index is 0.0273. The highest BCUT2D eigenvalue weighted by Gasteiger charge is 2.58. The van der Waals surface area contributed by atoms with E-state index in [-0.39, 0.29) is 12.3 Å². The van der Waals surface area contributed by atoms with Gasteiger partial charge >= 0.3 is 0 Å². The normalized spacial score (nSPS) is 18.3. The van der Waals surface area contributed by atoms with Gasteiger partial charge in [-0.1, -0.05) is 29.8 Å². The quantitative estimate of drug-likeness (QED) is 0.663. The van der Waals surface area contributed by atoms with Crippen molar-refractivity contribution in [3.05, 3.63) is 95.6 Å². The van der Waals surface area contributed by atoms with E-state index in [4.69, 9.17) is 0 Å². The van der Waals surface area contributed by atoms with Crippen LogP contribution in [0.25, 0.3) is 0 Å². The number of carbonyl (C=O) groups is 2. The van der Waals surface area contributed by atoms with Crippen molar-refractivity contribution in [2.24, 2.45) is 0 Å². The summed E-state index contributed by atoms with van der Waals surface area (Å²) in [6.07, 6.45) is -0.0273. The van der Waals surface area contributed by atoms with Gasteiger partial charge in [0.25, 0.3) is 5.91 Å². The van der Waals surface area contributed by atoms with E-state index in [2.05, 4.69) is 5.32 Å². The van der Waals surface area contributed by atoms with E-state index >= 15 is 0 Å². The lowest BCUT2D eigenvalue weighted by molar-refractivity contribution is -0.137. The van der Waals surface area contributed by atoms with Gasteiger partial charge in [-0.2, -0.15) is 0 Å². The van der Waals surface area contributed by atoms with Crippen LogP contribution in [0.2, 0.25) is 0 Å². The third-order valence-corrected chi connectivity index (χ3v) is 5.13. The molecule has 4 nitrogen and oxygen atoms in total. The Morgan fingerprint density at radius 1 is 0.897 bits per heavy atom. The molecule has 1 aliphatic rings. The molecule has 1 N–H and O–H groups in total. The van der Waals surface area contributed by atoms with Crippen LogP contribution in [0.5, 0.6) is 0 Å². The Morgan fingerprint density at radius 2 is 1.45 bits per heavy atom. The molecule has 1 atom stereocenters. The maximum absolute atomic E-state index is 13.4. The number of carbonyl (C=O) groups excluding carboxylic acids is 2. The minimum atomic E-state index is -1.28. The van der Waals surface area contributed by atoms with E-state index < -0.39 is 23.1 Å². The number of halogens is 2. The molecule has 4 rings (SSSR count). The molecule has 0 spiro atoms. The zero-order chi connectivity index (χ0) is 20.6. The van der Waals surface area contributed by atoms with Gasteiger partial charge < -0.3 is 5.32 Å². The lowest BCUT2D eigenvalue weighted by atomic mass is 9.75. The Labute approximate surface area is 166 Å². The number of β-lactam (4-membered cyclic amide) rings is 1. The van der Waals surface area contributed by atoms with Crippen LogP contribution in [-0.4, -0.2) is 11.8 Å². The van der Waals surface area contributed by atoms with E-state index in [9.17, 15) is 18.4 Å². The summed E-state index contributed by atoms with van der Waals surface area (Å²) < 4.78 is 26.6. The molecule has 29 heavy (non-hydrogen) atoms. The average molecular weight is 392 g/mol. The van der Waals surface area contributed by atoms with Crippen LogP contribution in [0.15, 0.2) is 72.8 Å². The molecular formula is C23H18F2N2O2. The molecule has 0 aromatic heterocycles. The molecule has 0 radical (unpaired) electrons. The van der Waals surface area contributed by atoms with E-state index in [1.165, 1.54) is 53.4 Å². The van der Waals surface area contributed by atoms with Crippen LogP contribution in [-0.2, 0) is 15.1 Å². The second-order valence-corrected chi connectivity index (χ2v) is 7.07. The fourth-order valence-electron chi connectivity index (χ4n) is 3.59. The number of rotatable bonds is 4. The van der Waals surface area contributed by atoms with E-state index in [0.717, 1.165) is 5.56 Å². The molecule has 0 bridgehead atoms. The highest BCUT2D eigenvalue weighted by atomic mass is 19.1. The van der Waals surface area contributed by atoms with Crippen molar-refractivity contribution in [2.45, 2.75) is 18.9 Å². The predicted octanol–water partition coefficient (Wildman–Crippen LogP) is 4.54. The first-order chi connectivity index (χ1) is 13.9. The summed E-state index contributed by atoms with van der Waals surface area (Å²) in [5.41, 5.74) is 1.23. The highest BCUT2D eigenvalue weighted by molar-refractivity contribution is 6.17. The molecule has 146 valence electrons. The fraction of sp³-hybridized carbons (Fsp3) is 0.130. The van der Waals surface area contributed by atoms with Crippen LogP contribution in [0.3, 0.4) is 0 Å².